The Bertz CT molecular complexity index is 1110. The molecular weight excluding hydrogens is 307 g/mol. The number of imidazole rings is 1. The van der Waals surface area contributed by atoms with E-state index in [-0.39, 0.29) is 11.4 Å². The van der Waals surface area contributed by atoms with Gasteiger partial charge in [-0.1, -0.05) is 24.3 Å². The lowest BCUT2D eigenvalue weighted by Crippen LogP contribution is -2.16. The molecule has 0 unspecified atom stereocenters. The molecular formula is C18H15FN4O. The minimum atomic E-state index is -0.361. The van der Waals surface area contributed by atoms with Crippen LogP contribution in [0.2, 0.25) is 0 Å². The second kappa shape index (κ2) is 5.49. The zero-order valence-corrected chi connectivity index (χ0v) is 13.0. The van der Waals surface area contributed by atoms with E-state index in [4.69, 9.17) is 0 Å². The summed E-state index contributed by atoms with van der Waals surface area (Å²) in [6, 6.07) is 14.3. The molecule has 0 aliphatic heterocycles. The van der Waals surface area contributed by atoms with Crippen LogP contribution in [0.4, 0.5) is 10.3 Å². The van der Waals surface area contributed by atoms with E-state index in [0.29, 0.717) is 29.1 Å². The fourth-order valence-corrected chi connectivity index (χ4v) is 2.84. The Balaban J connectivity index is 1.68. The summed E-state index contributed by atoms with van der Waals surface area (Å²) in [5.74, 6) is 0.155. The molecule has 120 valence electrons. The van der Waals surface area contributed by atoms with Gasteiger partial charge in [0.1, 0.15) is 5.52 Å². The fraction of sp³-hybridized carbons (Fsp3) is 0.111. The second-order valence-corrected chi connectivity index (χ2v) is 5.67. The summed E-state index contributed by atoms with van der Waals surface area (Å²) in [4.78, 5) is 19.3. The summed E-state index contributed by atoms with van der Waals surface area (Å²) in [6.45, 7) is 0.305. The van der Waals surface area contributed by atoms with Gasteiger partial charge in [-0.25, -0.2) is 9.37 Å². The van der Waals surface area contributed by atoms with Crippen LogP contribution in [0.25, 0.3) is 21.9 Å². The van der Waals surface area contributed by atoms with Gasteiger partial charge in [-0.3, -0.25) is 4.79 Å². The number of anilines is 1. The third-order valence-electron chi connectivity index (χ3n) is 4.13. The van der Waals surface area contributed by atoms with Crippen LogP contribution in [0.5, 0.6) is 0 Å². The van der Waals surface area contributed by atoms with Gasteiger partial charge in [-0.2, -0.15) is 0 Å². The summed E-state index contributed by atoms with van der Waals surface area (Å²) < 4.78 is 15.6. The summed E-state index contributed by atoms with van der Waals surface area (Å²) in [5, 5.41) is 4.08. The average Bonchev–Trinajstić information content (AvgIpc) is 2.91. The van der Waals surface area contributed by atoms with Crippen LogP contribution in [0.3, 0.4) is 0 Å². The van der Waals surface area contributed by atoms with Crippen molar-refractivity contribution in [2.45, 2.75) is 6.54 Å². The standard InChI is InChI=1S/C18H15FN4O/c1-23-15-8-4-6-13(19)16(15)22-18(23)20-10-12-9-11-5-2-3-7-14(11)21-17(12)24/h2-9H,10H2,1H3,(H,20,22)(H,21,24). The first-order valence-electron chi connectivity index (χ1n) is 7.59. The lowest BCUT2D eigenvalue weighted by atomic mass is 10.1. The molecule has 0 atom stereocenters. The molecule has 4 rings (SSSR count). The average molecular weight is 322 g/mol. The van der Waals surface area contributed by atoms with E-state index in [1.54, 1.807) is 16.7 Å². The first-order valence-corrected chi connectivity index (χ1v) is 7.59. The summed E-state index contributed by atoms with van der Waals surface area (Å²) in [7, 11) is 1.81. The van der Waals surface area contributed by atoms with Crippen molar-refractivity contribution in [1.29, 1.82) is 0 Å². The molecule has 0 fully saturated rings. The quantitative estimate of drug-likeness (QED) is 0.609. The Labute approximate surface area is 136 Å². The zero-order chi connectivity index (χ0) is 16.7. The van der Waals surface area contributed by atoms with Crippen molar-refractivity contribution in [1.82, 2.24) is 14.5 Å². The number of aromatic amines is 1. The van der Waals surface area contributed by atoms with Crippen molar-refractivity contribution >= 4 is 27.9 Å². The number of aromatic nitrogens is 3. The number of aryl methyl sites for hydroxylation is 1. The predicted octanol–water partition coefficient (Wildman–Crippen LogP) is 3.17. The lowest BCUT2D eigenvalue weighted by Gasteiger charge is -2.07. The summed E-state index contributed by atoms with van der Waals surface area (Å²) in [6.07, 6.45) is 0. The van der Waals surface area contributed by atoms with Crippen LogP contribution in [0, 0.1) is 5.82 Å². The predicted molar refractivity (Wildman–Crippen MR) is 92.6 cm³/mol. The zero-order valence-electron chi connectivity index (χ0n) is 13.0. The van der Waals surface area contributed by atoms with Gasteiger partial charge in [0.15, 0.2) is 5.82 Å². The van der Waals surface area contributed by atoms with Crippen molar-refractivity contribution in [3.8, 4) is 0 Å². The molecule has 2 aromatic heterocycles. The third-order valence-corrected chi connectivity index (χ3v) is 4.13. The second-order valence-electron chi connectivity index (χ2n) is 5.67. The van der Waals surface area contributed by atoms with E-state index in [1.807, 2.05) is 37.4 Å². The van der Waals surface area contributed by atoms with Gasteiger partial charge >= 0.3 is 0 Å². The van der Waals surface area contributed by atoms with Gasteiger partial charge in [-0.15, -0.1) is 0 Å². The number of fused-ring (bicyclic) bond motifs is 2. The van der Waals surface area contributed by atoms with Gasteiger partial charge in [-0.05, 0) is 29.7 Å². The first kappa shape index (κ1) is 14.4. The monoisotopic (exact) mass is 322 g/mol. The molecule has 0 saturated carbocycles. The number of nitrogens with zero attached hydrogens (tertiary/aromatic N) is 2. The highest BCUT2D eigenvalue weighted by Gasteiger charge is 2.11. The molecule has 2 N–H and O–H groups in total. The van der Waals surface area contributed by atoms with Crippen molar-refractivity contribution in [2.75, 3.05) is 5.32 Å². The van der Waals surface area contributed by atoms with Crippen LogP contribution in [0.15, 0.2) is 53.3 Å². The largest absolute Gasteiger partial charge is 0.351 e. The molecule has 0 radical (unpaired) electrons. The van der Waals surface area contributed by atoms with Crippen LogP contribution < -0.4 is 10.9 Å². The SMILES string of the molecule is Cn1c(NCc2cc3ccccc3[nH]c2=O)nc2c(F)cccc21. The molecule has 2 aromatic carbocycles. The number of H-pyrrole nitrogens is 1. The van der Waals surface area contributed by atoms with Gasteiger partial charge in [0.2, 0.25) is 5.95 Å². The van der Waals surface area contributed by atoms with Crippen molar-refractivity contribution in [2.24, 2.45) is 7.05 Å². The van der Waals surface area contributed by atoms with Gasteiger partial charge in [0, 0.05) is 24.7 Å². The number of rotatable bonds is 3. The molecule has 2 heterocycles. The number of hydrogen-bond donors (Lipinski definition) is 2. The summed E-state index contributed by atoms with van der Waals surface area (Å²) in [5.41, 5.74) is 2.27. The molecule has 24 heavy (non-hydrogen) atoms. The van der Waals surface area contributed by atoms with E-state index in [1.165, 1.54) is 6.07 Å². The topological polar surface area (TPSA) is 62.7 Å². The number of benzene rings is 2. The minimum Gasteiger partial charge on any atom is -0.351 e. The van der Waals surface area contributed by atoms with Crippen LogP contribution in [-0.4, -0.2) is 14.5 Å². The maximum Gasteiger partial charge on any atom is 0.253 e. The van der Waals surface area contributed by atoms with Gasteiger partial charge in [0.05, 0.1) is 5.52 Å². The highest BCUT2D eigenvalue weighted by Crippen LogP contribution is 2.21. The number of pyridine rings is 1. The molecule has 0 saturated heterocycles. The minimum absolute atomic E-state index is 0.147. The molecule has 0 spiro atoms. The highest BCUT2D eigenvalue weighted by molar-refractivity contribution is 5.80. The number of para-hydroxylation sites is 2. The number of halogens is 1. The van der Waals surface area contributed by atoms with E-state index in [9.17, 15) is 9.18 Å². The molecule has 0 aliphatic rings. The molecule has 4 aromatic rings. The fourth-order valence-electron chi connectivity index (χ4n) is 2.84. The van der Waals surface area contributed by atoms with E-state index in [2.05, 4.69) is 15.3 Å². The maximum atomic E-state index is 13.8. The molecule has 6 heteroatoms. The highest BCUT2D eigenvalue weighted by atomic mass is 19.1. The maximum absolute atomic E-state index is 13.8. The van der Waals surface area contributed by atoms with E-state index < -0.39 is 0 Å². The molecule has 5 nitrogen and oxygen atoms in total. The van der Waals surface area contributed by atoms with Gasteiger partial charge in [0.25, 0.3) is 5.56 Å². The van der Waals surface area contributed by atoms with Crippen molar-refractivity contribution < 1.29 is 4.39 Å². The molecule has 0 amide bonds. The molecule has 0 aliphatic carbocycles. The number of hydrogen-bond acceptors (Lipinski definition) is 3. The Morgan fingerprint density at radius 3 is 2.88 bits per heavy atom. The van der Waals surface area contributed by atoms with Crippen LogP contribution in [0.1, 0.15) is 5.56 Å². The van der Waals surface area contributed by atoms with Crippen molar-refractivity contribution in [3.63, 3.8) is 0 Å². The Morgan fingerprint density at radius 2 is 2.04 bits per heavy atom. The van der Waals surface area contributed by atoms with Gasteiger partial charge < -0.3 is 14.9 Å². The summed E-state index contributed by atoms with van der Waals surface area (Å²) >= 11 is 0. The molecule has 0 bridgehead atoms. The van der Waals surface area contributed by atoms with Crippen molar-refractivity contribution in [3.05, 3.63) is 70.3 Å². The van der Waals surface area contributed by atoms with E-state index in [0.717, 1.165) is 10.9 Å². The smallest absolute Gasteiger partial charge is 0.253 e. The third kappa shape index (κ3) is 2.32. The normalized spacial score (nSPS) is 11.2. The first-order chi connectivity index (χ1) is 11.6. The van der Waals surface area contributed by atoms with Crippen LogP contribution >= 0.6 is 0 Å². The Morgan fingerprint density at radius 1 is 1.21 bits per heavy atom. The number of nitrogens with one attached hydrogen (secondary N) is 2. The Kier molecular flexibility index (Phi) is 3.30. The van der Waals surface area contributed by atoms with E-state index >= 15 is 0 Å². The van der Waals surface area contributed by atoms with Crippen LogP contribution in [-0.2, 0) is 13.6 Å². The lowest BCUT2D eigenvalue weighted by molar-refractivity contribution is 0.637. The Hall–Kier alpha value is -3.15.